The van der Waals surface area contributed by atoms with Crippen LogP contribution in [0.3, 0.4) is 0 Å². The Labute approximate surface area is 160 Å². The van der Waals surface area contributed by atoms with Gasteiger partial charge in [0.1, 0.15) is 5.75 Å². The maximum Gasteiger partial charge on any atom is 0.321 e. The molecule has 0 saturated heterocycles. The van der Waals surface area contributed by atoms with E-state index >= 15 is 0 Å². The molecule has 2 aromatic rings. The quantitative estimate of drug-likeness (QED) is 0.815. The van der Waals surface area contributed by atoms with Gasteiger partial charge in [0.2, 0.25) is 0 Å². The van der Waals surface area contributed by atoms with Crippen LogP contribution in [-0.4, -0.2) is 43.6 Å². The van der Waals surface area contributed by atoms with Crippen molar-refractivity contribution in [2.24, 2.45) is 0 Å². The second-order valence-corrected chi connectivity index (χ2v) is 6.68. The molecule has 6 heteroatoms. The molecule has 0 bridgehead atoms. The molecule has 1 N–H and O–H groups in total. The van der Waals surface area contributed by atoms with Gasteiger partial charge in [0.25, 0.3) is 5.91 Å². The summed E-state index contributed by atoms with van der Waals surface area (Å²) in [5.41, 5.74) is 1.81. The topological polar surface area (TPSA) is 61.9 Å². The lowest BCUT2D eigenvalue weighted by atomic mass is 10.2. The van der Waals surface area contributed by atoms with Crippen LogP contribution in [0, 0.1) is 0 Å². The summed E-state index contributed by atoms with van der Waals surface area (Å²) in [6.45, 7) is 4.33. The van der Waals surface area contributed by atoms with Crippen molar-refractivity contribution < 1.29 is 14.3 Å². The van der Waals surface area contributed by atoms with Crippen LogP contribution in [0.2, 0.25) is 0 Å². The first-order chi connectivity index (χ1) is 12.9. The maximum atomic E-state index is 12.2. The lowest BCUT2D eigenvalue weighted by Crippen LogP contribution is -2.40. The SMILES string of the molecule is CC(C)NC(=O)N(C)c1ccc(OCC(=O)N(C)Cc2ccccc2)cc1. The molecule has 0 aliphatic rings. The molecule has 0 aromatic heterocycles. The Hall–Kier alpha value is -3.02. The summed E-state index contributed by atoms with van der Waals surface area (Å²) < 4.78 is 5.58. The van der Waals surface area contributed by atoms with E-state index < -0.39 is 0 Å². The molecule has 27 heavy (non-hydrogen) atoms. The Morgan fingerprint density at radius 2 is 1.63 bits per heavy atom. The van der Waals surface area contributed by atoms with Crippen LogP contribution in [-0.2, 0) is 11.3 Å². The van der Waals surface area contributed by atoms with E-state index in [0.29, 0.717) is 12.3 Å². The highest BCUT2D eigenvalue weighted by atomic mass is 16.5. The zero-order valence-corrected chi connectivity index (χ0v) is 16.3. The summed E-state index contributed by atoms with van der Waals surface area (Å²) in [6, 6.07) is 16.8. The highest BCUT2D eigenvalue weighted by Crippen LogP contribution is 2.19. The Morgan fingerprint density at radius 3 is 2.22 bits per heavy atom. The fourth-order valence-corrected chi connectivity index (χ4v) is 2.43. The van der Waals surface area contributed by atoms with Crippen molar-refractivity contribution in [2.45, 2.75) is 26.4 Å². The summed E-state index contributed by atoms with van der Waals surface area (Å²) in [4.78, 5) is 27.4. The van der Waals surface area contributed by atoms with Gasteiger partial charge in [0, 0.05) is 32.4 Å². The molecule has 0 fully saturated rings. The molecule has 0 spiro atoms. The molecule has 0 aliphatic carbocycles. The molecule has 0 radical (unpaired) electrons. The first-order valence-electron chi connectivity index (χ1n) is 8.92. The van der Waals surface area contributed by atoms with Gasteiger partial charge in [0.05, 0.1) is 0 Å². The zero-order chi connectivity index (χ0) is 19.8. The summed E-state index contributed by atoms with van der Waals surface area (Å²) in [5.74, 6) is 0.481. The number of hydrogen-bond acceptors (Lipinski definition) is 3. The van der Waals surface area contributed by atoms with E-state index in [0.717, 1.165) is 11.3 Å². The van der Waals surface area contributed by atoms with Gasteiger partial charge in [-0.05, 0) is 43.7 Å². The zero-order valence-electron chi connectivity index (χ0n) is 16.3. The van der Waals surface area contributed by atoms with Crippen LogP contribution in [0.15, 0.2) is 54.6 Å². The minimum absolute atomic E-state index is 0.0354. The van der Waals surface area contributed by atoms with Crippen LogP contribution in [0.25, 0.3) is 0 Å². The third kappa shape index (κ3) is 6.33. The number of ether oxygens (including phenoxy) is 1. The van der Waals surface area contributed by atoms with Crippen molar-refractivity contribution in [3.8, 4) is 5.75 Å². The van der Waals surface area contributed by atoms with Crippen molar-refractivity contribution in [3.63, 3.8) is 0 Å². The molecule has 6 nitrogen and oxygen atoms in total. The number of nitrogens with one attached hydrogen (secondary N) is 1. The smallest absolute Gasteiger partial charge is 0.321 e. The number of likely N-dealkylation sites (N-methyl/N-ethyl adjacent to an activating group) is 1. The number of carbonyl (C=O) groups is 2. The monoisotopic (exact) mass is 369 g/mol. The van der Waals surface area contributed by atoms with Gasteiger partial charge in [-0.1, -0.05) is 30.3 Å². The Kier molecular flexibility index (Phi) is 7.23. The van der Waals surface area contributed by atoms with Gasteiger partial charge in [-0.25, -0.2) is 4.79 Å². The number of hydrogen-bond donors (Lipinski definition) is 1. The molecule has 0 unspecified atom stereocenters. The van der Waals surface area contributed by atoms with E-state index in [4.69, 9.17) is 4.74 Å². The Morgan fingerprint density at radius 1 is 1.00 bits per heavy atom. The first-order valence-corrected chi connectivity index (χ1v) is 8.92. The molecule has 2 aromatic carbocycles. The van der Waals surface area contributed by atoms with Gasteiger partial charge >= 0.3 is 6.03 Å². The number of nitrogens with zero attached hydrogens (tertiary/aromatic N) is 2. The Balaban J connectivity index is 1.85. The average Bonchev–Trinajstić information content (AvgIpc) is 2.66. The minimum Gasteiger partial charge on any atom is -0.484 e. The largest absolute Gasteiger partial charge is 0.484 e. The van der Waals surface area contributed by atoms with E-state index in [9.17, 15) is 9.59 Å². The number of carbonyl (C=O) groups excluding carboxylic acids is 2. The lowest BCUT2D eigenvalue weighted by molar-refractivity contribution is -0.132. The Bertz CT molecular complexity index is 745. The van der Waals surface area contributed by atoms with Crippen molar-refractivity contribution in [1.29, 1.82) is 0 Å². The fraction of sp³-hybridized carbons (Fsp3) is 0.333. The van der Waals surface area contributed by atoms with Gasteiger partial charge in [-0.2, -0.15) is 0 Å². The van der Waals surface area contributed by atoms with E-state index in [-0.39, 0.29) is 24.6 Å². The molecule has 0 heterocycles. The van der Waals surface area contributed by atoms with E-state index in [2.05, 4.69) is 5.32 Å². The van der Waals surface area contributed by atoms with E-state index in [1.165, 1.54) is 4.90 Å². The molecule has 2 rings (SSSR count). The van der Waals surface area contributed by atoms with Crippen molar-refractivity contribution in [1.82, 2.24) is 10.2 Å². The number of rotatable bonds is 7. The normalized spacial score (nSPS) is 10.4. The average molecular weight is 369 g/mol. The van der Waals surface area contributed by atoms with Crippen LogP contribution < -0.4 is 15.0 Å². The van der Waals surface area contributed by atoms with Gasteiger partial charge in [-0.3, -0.25) is 9.69 Å². The summed E-state index contributed by atoms with van der Waals surface area (Å²) in [5, 5.41) is 2.83. The number of amides is 3. The van der Waals surface area contributed by atoms with Crippen molar-refractivity contribution in [2.75, 3.05) is 25.6 Å². The molecule has 144 valence electrons. The minimum atomic E-state index is -0.170. The molecular weight excluding hydrogens is 342 g/mol. The lowest BCUT2D eigenvalue weighted by Gasteiger charge is -2.20. The van der Waals surface area contributed by atoms with E-state index in [1.54, 1.807) is 43.3 Å². The number of urea groups is 1. The number of anilines is 1. The van der Waals surface area contributed by atoms with Gasteiger partial charge < -0.3 is 15.0 Å². The summed E-state index contributed by atoms with van der Waals surface area (Å²) >= 11 is 0. The standard InChI is InChI=1S/C21H27N3O3/c1-16(2)22-21(26)24(4)18-10-12-19(13-11-18)27-15-20(25)23(3)14-17-8-6-5-7-9-17/h5-13,16H,14-15H2,1-4H3,(H,22,26). The summed E-state index contributed by atoms with van der Waals surface area (Å²) in [7, 11) is 3.46. The van der Waals surface area contributed by atoms with Crippen LogP contribution >= 0.6 is 0 Å². The van der Waals surface area contributed by atoms with Gasteiger partial charge in [0.15, 0.2) is 6.61 Å². The molecule has 0 saturated carbocycles. The summed E-state index contributed by atoms with van der Waals surface area (Å²) in [6.07, 6.45) is 0. The number of benzene rings is 2. The van der Waals surface area contributed by atoms with Crippen molar-refractivity contribution in [3.05, 3.63) is 60.2 Å². The van der Waals surface area contributed by atoms with Crippen molar-refractivity contribution >= 4 is 17.6 Å². The van der Waals surface area contributed by atoms with E-state index in [1.807, 2.05) is 44.2 Å². The second-order valence-electron chi connectivity index (χ2n) is 6.68. The fourth-order valence-electron chi connectivity index (χ4n) is 2.43. The van der Waals surface area contributed by atoms with Gasteiger partial charge in [-0.15, -0.1) is 0 Å². The van der Waals surface area contributed by atoms with Crippen LogP contribution in [0.4, 0.5) is 10.5 Å². The highest BCUT2D eigenvalue weighted by molar-refractivity contribution is 5.91. The molecule has 0 aliphatic heterocycles. The van der Waals surface area contributed by atoms with Crippen LogP contribution in [0.5, 0.6) is 5.75 Å². The molecule has 3 amide bonds. The predicted octanol–water partition coefficient (Wildman–Crippen LogP) is 3.28. The third-order valence-corrected chi connectivity index (χ3v) is 3.99. The predicted molar refractivity (Wildman–Crippen MR) is 107 cm³/mol. The van der Waals surface area contributed by atoms with Crippen LogP contribution in [0.1, 0.15) is 19.4 Å². The molecule has 0 atom stereocenters. The second kappa shape index (κ2) is 9.62. The third-order valence-electron chi connectivity index (χ3n) is 3.99. The molecular formula is C21H27N3O3. The highest BCUT2D eigenvalue weighted by Gasteiger charge is 2.13. The first kappa shape index (κ1) is 20.3. The maximum absolute atomic E-state index is 12.2.